The molecule has 0 radical (unpaired) electrons. The van der Waals surface area contributed by atoms with Crippen molar-refractivity contribution in [2.45, 2.75) is 57.9 Å². The third-order valence-corrected chi connectivity index (χ3v) is 5.43. The Labute approximate surface area is 164 Å². The predicted molar refractivity (Wildman–Crippen MR) is 106 cm³/mol. The van der Waals surface area contributed by atoms with Crippen LogP contribution in [0.5, 0.6) is 0 Å². The van der Waals surface area contributed by atoms with Crippen LogP contribution in [0.1, 0.15) is 62.6 Å². The number of aromatic nitrogens is 4. The summed E-state index contributed by atoms with van der Waals surface area (Å²) >= 11 is 0. The van der Waals surface area contributed by atoms with Crippen LogP contribution in [-0.2, 0) is 17.6 Å². The molecule has 2 aromatic heterocycles. The van der Waals surface area contributed by atoms with Gasteiger partial charge in [-0.2, -0.15) is 4.98 Å². The van der Waals surface area contributed by atoms with Gasteiger partial charge in [0.05, 0.1) is 11.0 Å². The number of rotatable bonds is 8. The molecule has 1 atom stereocenters. The number of benzene rings is 1. The molecule has 0 N–H and O–H groups in total. The lowest BCUT2D eigenvalue weighted by molar-refractivity contribution is -0.133. The molecule has 148 valence electrons. The molecule has 1 unspecified atom stereocenters. The number of carbonyl (C=O) groups excluding carboxylic acids is 1. The third kappa shape index (κ3) is 3.53. The molecule has 3 aromatic rings. The van der Waals surface area contributed by atoms with Crippen molar-refractivity contribution in [3.8, 4) is 0 Å². The van der Waals surface area contributed by atoms with Crippen LogP contribution in [0.2, 0.25) is 0 Å². The van der Waals surface area contributed by atoms with E-state index in [4.69, 9.17) is 9.51 Å². The van der Waals surface area contributed by atoms with Gasteiger partial charge in [-0.15, -0.1) is 0 Å². The van der Waals surface area contributed by atoms with Crippen molar-refractivity contribution in [3.63, 3.8) is 0 Å². The molecule has 0 saturated heterocycles. The van der Waals surface area contributed by atoms with Crippen molar-refractivity contribution < 1.29 is 9.32 Å². The van der Waals surface area contributed by atoms with Gasteiger partial charge in [0.25, 0.3) is 0 Å². The smallest absolute Gasteiger partial charge is 0.245 e. The van der Waals surface area contributed by atoms with E-state index in [1.165, 1.54) is 0 Å². The molecule has 1 aliphatic carbocycles. The molecule has 0 spiro atoms. The molecule has 4 rings (SSSR count). The summed E-state index contributed by atoms with van der Waals surface area (Å²) in [7, 11) is 1.84. The number of aryl methyl sites for hydroxylation is 1. The monoisotopic (exact) mass is 381 g/mol. The van der Waals surface area contributed by atoms with Crippen molar-refractivity contribution in [3.05, 3.63) is 41.8 Å². The fourth-order valence-corrected chi connectivity index (χ4v) is 3.66. The molecule has 0 aliphatic heterocycles. The van der Waals surface area contributed by atoms with Crippen LogP contribution in [0.15, 0.2) is 28.8 Å². The normalized spacial score (nSPS) is 15.1. The molecule has 7 nitrogen and oxygen atoms in total. The van der Waals surface area contributed by atoms with E-state index >= 15 is 0 Å². The molecule has 1 amide bonds. The van der Waals surface area contributed by atoms with Crippen LogP contribution in [0.25, 0.3) is 11.0 Å². The molecular weight excluding hydrogens is 354 g/mol. The summed E-state index contributed by atoms with van der Waals surface area (Å²) in [6, 6.07) is 7.75. The number of hydrogen-bond donors (Lipinski definition) is 0. The summed E-state index contributed by atoms with van der Waals surface area (Å²) in [6.07, 6.45) is 4.37. The Kier molecular flexibility index (Phi) is 5.15. The molecule has 1 fully saturated rings. The number of nitrogens with zero attached hydrogens (tertiary/aromatic N) is 5. The van der Waals surface area contributed by atoms with E-state index < -0.39 is 0 Å². The van der Waals surface area contributed by atoms with Crippen molar-refractivity contribution >= 4 is 16.9 Å². The summed E-state index contributed by atoms with van der Waals surface area (Å²) in [5.74, 6) is 2.91. The molecule has 2 heterocycles. The van der Waals surface area contributed by atoms with Crippen LogP contribution in [0.3, 0.4) is 0 Å². The largest absolute Gasteiger partial charge is 0.344 e. The van der Waals surface area contributed by atoms with Gasteiger partial charge in [0.1, 0.15) is 11.9 Å². The van der Waals surface area contributed by atoms with Gasteiger partial charge in [-0.25, -0.2) is 4.98 Å². The summed E-state index contributed by atoms with van der Waals surface area (Å²) in [6.45, 7) is 4.69. The fraction of sp³-hybridized carbons (Fsp3) is 0.524. The maximum atomic E-state index is 13.2. The molecule has 1 saturated carbocycles. The number of amides is 1. The van der Waals surface area contributed by atoms with E-state index in [1.807, 2.05) is 38.2 Å². The predicted octanol–water partition coefficient (Wildman–Crippen LogP) is 3.51. The first-order valence-electron chi connectivity index (χ1n) is 10.2. The molecule has 1 aliphatic rings. The van der Waals surface area contributed by atoms with Crippen LogP contribution in [0.4, 0.5) is 0 Å². The Balaban J connectivity index is 1.50. The zero-order chi connectivity index (χ0) is 19.7. The summed E-state index contributed by atoms with van der Waals surface area (Å²) in [5.41, 5.74) is 1.95. The number of para-hydroxylation sites is 2. The van der Waals surface area contributed by atoms with E-state index in [0.29, 0.717) is 31.1 Å². The zero-order valence-electron chi connectivity index (χ0n) is 16.8. The Bertz CT molecular complexity index is 972. The third-order valence-electron chi connectivity index (χ3n) is 5.43. The van der Waals surface area contributed by atoms with E-state index in [-0.39, 0.29) is 11.9 Å². The van der Waals surface area contributed by atoms with E-state index in [1.54, 1.807) is 4.90 Å². The maximum absolute atomic E-state index is 13.2. The molecule has 7 heteroatoms. The van der Waals surface area contributed by atoms with Crippen LogP contribution in [0, 0.1) is 0 Å². The van der Waals surface area contributed by atoms with Gasteiger partial charge < -0.3 is 14.0 Å². The standard InChI is InChI=1S/C21H27N5O2/c1-4-16(26-17-9-7-6-8-15(17)22-19(26)5-2)21(27)25(3)13-12-18-23-20(28-24-18)14-10-11-14/h6-9,14,16H,4-5,10-13H2,1-3H3. The Morgan fingerprint density at radius 2 is 2.07 bits per heavy atom. The highest BCUT2D eigenvalue weighted by Crippen LogP contribution is 2.38. The minimum atomic E-state index is -0.264. The first-order chi connectivity index (χ1) is 13.6. The molecule has 28 heavy (non-hydrogen) atoms. The van der Waals surface area contributed by atoms with Crippen LogP contribution >= 0.6 is 0 Å². The second kappa shape index (κ2) is 7.73. The van der Waals surface area contributed by atoms with Gasteiger partial charge in [-0.3, -0.25) is 4.79 Å². The van der Waals surface area contributed by atoms with Crippen molar-refractivity contribution in [1.29, 1.82) is 0 Å². The topological polar surface area (TPSA) is 77.0 Å². The first kappa shape index (κ1) is 18.7. The molecule has 0 bridgehead atoms. The highest BCUT2D eigenvalue weighted by Gasteiger charge is 2.30. The van der Waals surface area contributed by atoms with E-state index in [0.717, 1.165) is 42.0 Å². The van der Waals surface area contributed by atoms with E-state index in [9.17, 15) is 4.79 Å². The lowest BCUT2D eigenvalue weighted by atomic mass is 10.1. The fourth-order valence-electron chi connectivity index (χ4n) is 3.66. The highest BCUT2D eigenvalue weighted by molar-refractivity contribution is 5.84. The number of likely N-dealkylation sites (N-methyl/N-ethyl adjacent to an activating group) is 1. The van der Waals surface area contributed by atoms with Crippen LogP contribution in [-0.4, -0.2) is 44.1 Å². The van der Waals surface area contributed by atoms with Gasteiger partial charge in [0.15, 0.2) is 5.82 Å². The SMILES string of the molecule is CCc1nc2ccccc2n1C(CC)C(=O)N(C)CCc1noc(C2CC2)n1. The Hall–Kier alpha value is -2.70. The number of carbonyl (C=O) groups is 1. The maximum Gasteiger partial charge on any atom is 0.245 e. The first-order valence-corrected chi connectivity index (χ1v) is 10.2. The van der Waals surface area contributed by atoms with Crippen molar-refractivity contribution in [2.75, 3.05) is 13.6 Å². The summed E-state index contributed by atoms with van der Waals surface area (Å²) < 4.78 is 7.42. The lowest BCUT2D eigenvalue weighted by Crippen LogP contribution is -2.36. The minimum Gasteiger partial charge on any atom is -0.344 e. The van der Waals surface area contributed by atoms with Gasteiger partial charge in [0.2, 0.25) is 11.8 Å². The minimum absolute atomic E-state index is 0.0891. The van der Waals surface area contributed by atoms with Gasteiger partial charge in [-0.05, 0) is 31.4 Å². The Morgan fingerprint density at radius 3 is 2.79 bits per heavy atom. The Morgan fingerprint density at radius 1 is 1.29 bits per heavy atom. The second-order valence-corrected chi connectivity index (χ2v) is 7.50. The van der Waals surface area contributed by atoms with E-state index in [2.05, 4.69) is 21.6 Å². The van der Waals surface area contributed by atoms with Gasteiger partial charge >= 0.3 is 0 Å². The quantitative estimate of drug-likeness (QED) is 0.597. The number of imidazole rings is 1. The van der Waals surface area contributed by atoms with Crippen molar-refractivity contribution in [2.24, 2.45) is 0 Å². The average molecular weight is 381 g/mol. The second-order valence-electron chi connectivity index (χ2n) is 7.50. The summed E-state index contributed by atoms with van der Waals surface area (Å²) in [4.78, 5) is 24.2. The highest BCUT2D eigenvalue weighted by atomic mass is 16.5. The zero-order valence-corrected chi connectivity index (χ0v) is 16.8. The summed E-state index contributed by atoms with van der Waals surface area (Å²) in [5, 5.41) is 4.05. The molecule has 1 aromatic carbocycles. The number of fused-ring (bicyclic) bond motifs is 1. The number of hydrogen-bond acceptors (Lipinski definition) is 5. The molecular formula is C21H27N5O2. The average Bonchev–Trinajstić information content (AvgIpc) is 3.35. The lowest BCUT2D eigenvalue weighted by Gasteiger charge is -2.25. The van der Waals surface area contributed by atoms with Crippen LogP contribution < -0.4 is 0 Å². The van der Waals surface area contributed by atoms with Gasteiger partial charge in [0, 0.05) is 32.4 Å². The van der Waals surface area contributed by atoms with Crippen molar-refractivity contribution in [1.82, 2.24) is 24.6 Å². The van der Waals surface area contributed by atoms with Gasteiger partial charge in [-0.1, -0.05) is 31.1 Å².